The van der Waals surface area contributed by atoms with Crippen LogP contribution < -0.4 is 4.90 Å². The van der Waals surface area contributed by atoms with E-state index >= 15 is 0 Å². The third-order valence-corrected chi connectivity index (χ3v) is 4.31. The molecule has 0 radical (unpaired) electrons. The Morgan fingerprint density at radius 2 is 2.00 bits per heavy atom. The zero-order chi connectivity index (χ0) is 15.0. The molecule has 3 heterocycles. The van der Waals surface area contributed by atoms with E-state index in [1.807, 2.05) is 10.6 Å². The topological polar surface area (TPSA) is 46.3 Å². The lowest BCUT2D eigenvalue weighted by atomic mass is 9.96. The highest BCUT2D eigenvalue weighted by molar-refractivity contribution is 5.47. The van der Waals surface area contributed by atoms with Gasteiger partial charge in [-0.05, 0) is 37.8 Å². The first kappa shape index (κ1) is 14.3. The second kappa shape index (κ2) is 5.28. The van der Waals surface area contributed by atoms with Gasteiger partial charge in [-0.2, -0.15) is 4.52 Å². The highest BCUT2D eigenvalue weighted by Crippen LogP contribution is 2.26. The van der Waals surface area contributed by atoms with Crippen LogP contribution >= 0.6 is 0 Å². The Hall–Kier alpha value is -1.65. The van der Waals surface area contributed by atoms with Gasteiger partial charge in [0.25, 0.3) is 0 Å². The van der Waals surface area contributed by atoms with Gasteiger partial charge in [-0.25, -0.2) is 0 Å². The zero-order valence-corrected chi connectivity index (χ0v) is 13.5. The van der Waals surface area contributed by atoms with Crippen LogP contribution in [0.25, 0.3) is 5.65 Å². The van der Waals surface area contributed by atoms with Crippen LogP contribution in [0.1, 0.15) is 59.2 Å². The fraction of sp³-hybridized carbons (Fsp3) is 0.688. The van der Waals surface area contributed by atoms with Crippen LogP contribution in [0.2, 0.25) is 0 Å². The van der Waals surface area contributed by atoms with Gasteiger partial charge in [0.2, 0.25) is 0 Å². The highest BCUT2D eigenvalue weighted by atomic mass is 15.4. The highest BCUT2D eigenvalue weighted by Gasteiger charge is 2.25. The molecule has 5 heteroatoms. The first-order valence-corrected chi connectivity index (χ1v) is 8.00. The molecule has 1 unspecified atom stereocenters. The van der Waals surface area contributed by atoms with Gasteiger partial charge in [0, 0.05) is 18.0 Å². The first-order valence-electron chi connectivity index (χ1n) is 8.00. The number of hydrogen-bond donors (Lipinski definition) is 0. The normalized spacial score (nSPS) is 20.2. The summed E-state index contributed by atoms with van der Waals surface area (Å²) in [4.78, 5) is 2.45. The quantitative estimate of drug-likeness (QED) is 0.851. The molecule has 114 valence electrons. The Kier molecular flexibility index (Phi) is 3.59. The van der Waals surface area contributed by atoms with Crippen molar-refractivity contribution in [2.24, 2.45) is 0 Å². The third-order valence-electron chi connectivity index (χ3n) is 4.31. The summed E-state index contributed by atoms with van der Waals surface area (Å²) in [6, 6.07) is 4.73. The van der Waals surface area contributed by atoms with E-state index < -0.39 is 0 Å². The van der Waals surface area contributed by atoms with Crippen LogP contribution in [0.15, 0.2) is 12.1 Å². The van der Waals surface area contributed by atoms with Crippen LogP contribution in [-0.4, -0.2) is 32.4 Å². The number of fused-ring (bicyclic) bond motifs is 1. The molecule has 1 aliphatic heterocycles. The summed E-state index contributed by atoms with van der Waals surface area (Å²) in [6.07, 6.45) is 5.03. The van der Waals surface area contributed by atoms with Gasteiger partial charge in [0.15, 0.2) is 11.5 Å². The number of rotatable bonds is 2. The second-order valence-corrected chi connectivity index (χ2v) is 6.99. The average molecular weight is 287 g/mol. The minimum atomic E-state index is -0.0584. The van der Waals surface area contributed by atoms with Gasteiger partial charge in [0.1, 0.15) is 5.82 Å². The van der Waals surface area contributed by atoms with Gasteiger partial charge in [-0.3, -0.25) is 0 Å². The summed E-state index contributed by atoms with van der Waals surface area (Å²) in [5, 5.41) is 13.4. The molecule has 5 nitrogen and oxygen atoms in total. The minimum absolute atomic E-state index is 0.0584. The Morgan fingerprint density at radius 1 is 1.19 bits per heavy atom. The Bertz CT molecular complexity index is 625. The maximum absolute atomic E-state index is 4.84. The lowest BCUT2D eigenvalue weighted by Gasteiger charge is -2.36. The van der Waals surface area contributed by atoms with Gasteiger partial charge in [-0.1, -0.05) is 27.7 Å². The molecule has 0 N–H and O–H groups in total. The van der Waals surface area contributed by atoms with Crippen molar-refractivity contribution in [1.29, 1.82) is 0 Å². The van der Waals surface area contributed by atoms with Crippen molar-refractivity contribution in [1.82, 2.24) is 19.8 Å². The molecule has 0 spiro atoms. The maximum atomic E-state index is 4.84. The molecule has 1 aliphatic rings. The molecule has 3 rings (SSSR count). The predicted molar refractivity (Wildman–Crippen MR) is 84.8 cm³/mol. The van der Waals surface area contributed by atoms with Crippen LogP contribution in [0.5, 0.6) is 0 Å². The lowest BCUT2D eigenvalue weighted by molar-refractivity contribution is 0.443. The summed E-state index contributed by atoms with van der Waals surface area (Å²) in [7, 11) is 0. The molecule has 1 saturated heterocycles. The molecule has 2 aromatic heterocycles. The standard InChI is InChI=1S/C16H25N5/c1-5-12-8-6-7-11-20(12)14-10-9-13-17-18-15(16(2,3)4)21(13)19-14/h9-10,12H,5-8,11H2,1-4H3. The Morgan fingerprint density at radius 3 is 2.71 bits per heavy atom. The summed E-state index contributed by atoms with van der Waals surface area (Å²) in [5.41, 5.74) is 0.769. The van der Waals surface area contributed by atoms with Crippen molar-refractivity contribution in [2.75, 3.05) is 11.4 Å². The van der Waals surface area contributed by atoms with Crippen molar-refractivity contribution in [3.05, 3.63) is 18.0 Å². The van der Waals surface area contributed by atoms with E-state index in [9.17, 15) is 0 Å². The maximum Gasteiger partial charge on any atom is 0.178 e. The van der Waals surface area contributed by atoms with Crippen molar-refractivity contribution < 1.29 is 0 Å². The van der Waals surface area contributed by atoms with Crippen molar-refractivity contribution in [3.8, 4) is 0 Å². The van der Waals surface area contributed by atoms with E-state index in [4.69, 9.17) is 5.10 Å². The fourth-order valence-corrected chi connectivity index (χ4v) is 3.13. The van der Waals surface area contributed by atoms with E-state index in [1.165, 1.54) is 25.7 Å². The number of nitrogens with zero attached hydrogens (tertiary/aromatic N) is 5. The van der Waals surface area contributed by atoms with Gasteiger partial charge in [0.05, 0.1) is 0 Å². The van der Waals surface area contributed by atoms with Crippen LogP contribution in [0.3, 0.4) is 0 Å². The Balaban J connectivity index is 2.03. The molecule has 0 saturated carbocycles. The number of hydrogen-bond acceptors (Lipinski definition) is 4. The summed E-state index contributed by atoms with van der Waals surface area (Å²) >= 11 is 0. The van der Waals surface area contributed by atoms with Crippen LogP contribution in [0.4, 0.5) is 5.82 Å². The largest absolute Gasteiger partial charge is 0.352 e. The predicted octanol–water partition coefficient (Wildman–Crippen LogP) is 3.19. The second-order valence-electron chi connectivity index (χ2n) is 6.99. The van der Waals surface area contributed by atoms with Crippen molar-refractivity contribution in [2.45, 2.75) is 64.8 Å². The molecule has 21 heavy (non-hydrogen) atoms. The number of aromatic nitrogens is 4. The number of piperidine rings is 1. The van der Waals surface area contributed by atoms with Gasteiger partial charge >= 0.3 is 0 Å². The molecule has 1 fully saturated rings. The van der Waals surface area contributed by atoms with E-state index in [2.05, 4.69) is 48.9 Å². The molecule has 0 amide bonds. The molecule has 0 aromatic carbocycles. The smallest absolute Gasteiger partial charge is 0.178 e. The SMILES string of the molecule is CCC1CCCCN1c1ccc2nnc(C(C)(C)C)n2n1. The molecular formula is C16H25N5. The first-order chi connectivity index (χ1) is 10.0. The van der Waals surface area contributed by atoms with Gasteiger partial charge < -0.3 is 4.90 Å². The molecule has 0 aliphatic carbocycles. The van der Waals surface area contributed by atoms with E-state index in [1.54, 1.807) is 0 Å². The molecule has 1 atom stereocenters. The van der Waals surface area contributed by atoms with Crippen LogP contribution in [-0.2, 0) is 5.41 Å². The van der Waals surface area contributed by atoms with Crippen molar-refractivity contribution in [3.63, 3.8) is 0 Å². The molecule has 0 bridgehead atoms. The van der Waals surface area contributed by atoms with Crippen molar-refractivity contribution >= 4 is 11.5 Å². The van der Waals surface area contributed by atoms with E-state index in [0.29, 0.717) is 6.04 Å². The monoisotopic (exact) mass is 287 g/mol. The third kappa shape index (κ3) is 2.61. The molecule has 2 aromatic rings. The summed E-state index contributed by atoms with van der Waals surface area (Å²) in [6.45, 7) is 9.81. The van der Waals surface area contributed by atoms with E-state index in [0.717, 1.165) is 23.8 Å². The average Bonchev–Trinajstić information content (AvgIpc) is 2.90. The summed E-state index contributed by atoms with van der Waals surface area (Å²) in [5.74, 6) is 1.98. The van der Waals surface area contributed by atoms with E-state index in [-0.39, 0.29) is 5.41 Å². The Labute approximate surface area is 126 Å². The minimum Gasteiger partial charge on any atom is -0.352 e. The zero-order valence-electron chi connectivity index (χ0n) is 13.5. The lowest BCUT2D eigenvalue weighted by Crippen LogP contribution is -2.40. The number of anilines is 1. The van der Waals surface area contributed by atoms with Crippen LogP contribution in [0, 0.1) is 0 Å². The fourth-order valence-electron chi connectivity index (χ4n) is 3.13. The summed E-state index contributed by atoms with van der Waals surface area (Å²) < 4.78 is 1.91. The van der Waals surface area contributed by atoms with Gasteiger partial charge in [-0.15, -0.1) is 15.3 Å². The molecular weight excluding hydrogens is 262 g/mol.